The molecule has 1 amide bonds. The number of rotatable bonds is 6. The second kappa shape index (κ2) is 9.15. The summed E-state index contributed by atoms with van der Waals surface area (Å²) in [6, 6.07) is 3.98. The van der Waals surface area contributed by atoms with E-state index in [0.717, 1.165) is 57.3 Å². The number of fused-ring (bicyclic) bond motifs is 1. The van der Waals surface area contributed by atoms with Crippen LogP contribution >= 0.6 is 11.3 Å². The summed E-state index contributed by atoms with van der Waals surface area (Å²) >= 11 is 1.68. The Morgan fingerprint density at radius 3 is 2.82 bits per heavy atom. The molecule has 1 fully saturated rings. The molecule has 2 aromatic rings. The molecular formula is C20H30N6OS. The molecule has 2 aliphatic rings. The third-order valence-corrected chi connectivity index (χ3v) is 6.78. The lowest BCUT2D eigenvalue weighted by molar-refractivity contribution is -0.126. The Kier molecular flexibility index (Phi) is 6.39. The number of nitrogens with one attached hydrogen (secondary N) is 1. The van der Waals surface area contributed by atoms with Crippen molar-refractivity contribution in [1.29, 1.82) is 0 Å². The van der Waals surface area contributed by atoms with E-state index in [2.05, 4.69) is 35.9 Å². The van der Waals surface area contributed by atoms with Crippen molar-refractivity contribution in [3.8, 4) is 0 Å². The van der Waals surface area contributed by atoms with Crippen LogP contribution in [0.4, 0.5) is 0 Å². The summed E-state index contributed by atoms with van der Waals surface area (Å²) in [6.45, 7) is 8.30. The number of hydrogen-bond acceptors (Lipinski definition) is 6. The van der Waals surface area contributed by atoms with Gasteiger partial charge in [0.05, 0.1) is 19.1 Å². The Labute approximate surface area is 170 Å². The second-order valence-corrected chi connectivity index (χ2v) is 8.81. The molecule has 4 rings (SSSR count). The standard InChI is InChI=1S/C20H30N6OS/c1-16(20(27)21-14-17-6-5-13-28-17)25-11-9-24(10-12-25)15-19-23-22-18-7-3-2-4-8-26(18)19/h5-6,13,16H,2-4,7-12,14-15H2,1H3,(H,21,27)/t16-/m1/s1. The third-order valence-electron chi connectivity index (χ3n) is 5.90. The lowest BCUT2D eigenvalue weighted by Crippen LogP contribution is -2.53. The highest BCUT2D eigenvalue weighted by molar-refractivity contribution is 7.09. The molecule has 0 radical (unpaired) electrons. The number of aromatic nitrogens is 3. The molecule has 0 spiro atoms. The normalized spacial score (nSPS) is 19.8. The number of thiophene rings is 1. The van der Waals surface area contributed by atoms with E-state index in [9.17, 15) is 4.79 Å². The average molecular weight is 403 g/mol. The molecule has 2 aromatic heterocycles. The van der Waals surface area contributed by atoms with Crippen molar-refractivity contribution < 1.29 is 4.79 Å². The van der Waals surface area contributed by atoms with Crippen LogP contribution in [0.3, 0.4) is 0 Å². The third kappa shape index (κ3) is 4.61. The van der Waals surface area contributed by atoms with Crippen LogP contribution in [0.2, 0.25) is 0 Å². The van der Waals surface area contributed by atoms with E-state index < -0.39 is 0 Å². The Morgan fingerprint density at radius 2 is 2.04 bits per heavy atom. The zero-order valence-electron chi connectivity index (χ0n) is 16.6. The zero-order valence-corrected chi connectivity index (χ0v) is 17.5. The smallest absolute Gasteiger partial charge is 0.237 e. The first-order chi connectivity index (χ1) is 13.7. The van der Waals surface area contributed by atoms with Crippen LogP contribution in [0.1, 0.15) is 42.7 Å². The number of aryl methyl sites for hydroxylation is 1. The van der Waals surface area contributed by atoms with Gasteiger partial charge in [0.2, 0.25) is 5.91 Å². The van der Waals surface area contributed by atoms with E-state index in [0.29, 0.717) is 6.54 Å². The summed E-state index contributed by atoms with van der Waals surface area (Å²) in [5, 5.41) is 14.0. The van der Waals surface area contributed by atoms with Gasteiger partial charge in [-0.25, -0.2) is 0 Å². The lowest BCUT2D eigenvalue weighted by Gasteiger charge is -2.37. The van der Waals surface area contributed by atoms with Gasteiger partial charge in [-0.05, 0) is 31.2 Å². The summed E-state index contributed by atoms with van der Waals surface area (Å²) in [6.07, 6.45) is 4.79. The highest BCUT2D eigenvalue weighted by Crippen LogP contribution is 2.17. The summed E-state index contributed by atoms with van der Waals surface area (Å²) in [5.74, 6) is 2.37. The predicted octanol–water partition coefficient (Wildman–Crippen LogP) is 1.89. The monoisotopic (exact) mass is 402 g/mol. The number of amides is 1. The summed E-state index contributed by atoms with van der Waals surface area (Å²) < 4.78 is 2.33. The van der Waals surface area contributed by atoms with Crippen molar-refractivity contribution in [3.05, 3.63) is 34.0 Å². The molecular weight excluding hydrogens is 372 g/mol. The molecule has 0 aliphatic carbocycles. The molecule has 8 heteroatoms. The highest BCUT2D eigenvalue weighted by Gasteiger charge is 2.26. The van der Waals surface area contributed by atoms with Gasteiger partial charge < -0.3 is 9.88 Å². The van der Waals surface area contributed by atoms with Crippen molar-refractivity contribution in [2.24, 2.45) is 0 Å². The van der Waals surface area contributed by atoms with E-state index in [1.54, 1.807) is 11.3 Å². The van der Waals surface area contributed by atoms with Gasteiger partial charge in [0.25, 0.3) is 0 Å². The van der Waals surface area contributed by atoms with E-state index >= 15 is 0 Å². The van der Waals surface area contributed by atoms with Crippen molar-refractivity contribution >= 4 is 17.2 Å². The largest absolute Gasteiger partial charge is 0.350 e. The van der Waals surface area contributed by atoms with Crippen LogP contribution in [0.5, 0.6) is 0 Å². The van der Waals surface area contributed by atoms with E-state index in [1.807, 2.05) is 18.4 Å². The highest BCUT2D eigenvalue weighted by atomic mass is 32.1. The SMILES string of the molecule is C[C@H](C(=O)NCc1cccs1)N1CCN(Cc2nnc3n2CCCCC3)CC1. The minimum atomic E-state index is -0.0912. The average Bonchev–Trinajstić information content (AvgIpc) is 3.31. The summed E-state index contributed by atoms with van der Waals surface area (Å²) in [4.78, 5) is 18.4. The molecule has 0 unspecified atom stereocenters. The Morgan fingerprint density at radius 1 is 1.18 bits per heavy atom. The summed E-state index contributed by atoms with van der Waals surface area (Å²) in [5.41, 5.74) is 0. The van der Waals surface area contributed by atoms with Gasteiger partial charge in [0.1, 0.15) is 11.6 Å². The maximum absolute atomic E-state index is 12.5. The molecule has 0 aromatic carbocycles. The van der Waals surface area contributed by atoms with Gasteiger partial charge in [-0.1, -0.05) is 12.5 Å². The first-order valence-electron chi connectivity index (χ1n) is 10.4. The van der Waals surface area contributed by atoms with Gasteiger partial charge in [-0.15, -0.1) is 21.5 Å². The number of nitrogens with zero attached hydrogens (tertiary/aromatic N) is 5. The van der Waals surface area contributed by atoms with E-state index in [-0.39, 0.29) is 11.9 Å². The first-order valence-corrected chi connectivity index (χ1v) is 11.3. The topological polar surface area (TPSA) is 66.3 Å². The molecule has 0 bridgehead atoms. The Balaban J connectivity index is 1.25. The molecule has 28 heavy (non-hydrogen) atoms. The Bertz CT molecular complexity index is 766. The molecule has 2 aliphatic heterocycles. The van der Waals surface area contributed by atoms with Crippen LogP contribution in [-0.2, 0) is 30.8 Å². The molecule has 0 saturated carbocycles. The molecule has 7 nitrogen and oxygen atoms in total. The van der Waals surface area contributed by atoms with Crippen LogP contribution in [0, 0.1) is 0 Å². The molecule has 1 atom stereocenters. The minimum Gasteiger partial charge on any atom is -0.350 e. The zero-order chi connectivity index (χ0) is 19.3. The van der Waals surface area contributed by atoms with Crippen LogP contribution < -0.4 is 5.32 Å². The predicted molar refractivity (Wildman–Crippen MR) is 110 cm³/mol. The van der Waals surface area contributed by atoms with Crippen LogP contribution in [-0.4, -0.2) is 62.7 Å². The van der Waals surface area contributed by atoms with Gasteiger partial charge in [0, 0.05) is 44.0 Å². The van der Waals surface area contributed by atoms with Crippen molar-refractivity contribution in [2.75, 3.05) is 26.2 Å². The Hall–Kier alpha value is -1.77. The molecule has 1 N–H and O–H groups in total. The van der Waals surface area contributed by atoms with Crippen LogP contribution in [0.15, 0.2) is 17.5 Å². The van der Waals surface area contributed by atoms with Crippen molar-refractivity contribution in [3.63, 3.8) is 0 Å². The van der Waals surface area contributed by atoms with Crippen LogP contribution in [0.25, 0.3) is 0 Å². The fraction of sp³-hybridized carbons (Fsp3) is 0.650. The molecule has 1 saturated heterocycles. The second-order valence-electron chi connectivity index (χ2n) is 7.78. The van der Waals surface area contributed by atoms with Gasteiger partial charge in [-0.2, -0.15) is 0 Å². The number of carbonyl (C=O) groups excluding carboxylic acids is 1. The number of carbonyl (C=O) groups is 1. The summed E-state index contributed by atoms with van der Waals surface area (Å²) in [7, 11) is 0. The van der Waals surface area contributed by atoms with Crippen molar-refractivity contribution in [2.45, 2.75) is 58.3 Å². The van der Waals surface area contributed by atoms with Crippen molar-refractivity contribution in [1.82, 2.24) is 29.9 Å². The van der Waals surface area contributed by atoms with E-state index in [4.69, 9.17) is 0 Å². The van der Waals surface area contributed by atoms with Gasteiger partial charge in [-0.3, -0.25) is 14.6 Å². The fourth-order valence-electron chi connectivity index (χ4n) is 4.07. The number of piperazine rings is 1. The maximum atomic E-state index is 12.5. The lowest BCUT2D eigenvalue weighted by atomic mass is 10.2. The fourth-order valence-corrected chi connectivity index (χ4v) is 4.72. The number of hydrogen-bond donors (Lipinski definition) is 1. The maximum Gasteiger partial charge on any atom is 0.237 e. The first kappa shape index (κ1) is 19.5. The van der Waals surface area contributed by atoms with Gasteiger partial charge in [0.15, 0.2) is 0 Å². The quantitative estimate of drug-likeness (QED) is 0.799. The van der Waals surface area contributed by atoms with Gasteiger partial charge >= 0.3 is 0 Å². The molecule has 4 heterocycles. The molecule has 152 valence electrons. The van der Waals surface area contributed by atoms with E-state index in [1.165, 1.54) is 24.1 Å². The minimum absolute atomic E-state index is 0.0912.